The SMILES string of the molecule is COc1ncccc1NC(=O)c1cn2cc(C34COC(C)(C3)C4)nc2c(OC(C)C)n1. The summed E-state index contributed by atoms with van der Waals surface area (Å²) in [4.78, 5) is 26.4. The average Bonchev–Trinajstić information content (AvgIpc) is 3.38. The highest BCUT2D eigenvalue weighted by molar-refractivity contribution is 6.03. The van der Waals surface area contributed by atoms with Gasteiger partial charge in [-0.05, 0) is 45.7 Å². The maximum absolute atomic E-state index is 13.0. The van der Waals surface area contributed by atoms with Gasteiger partial charge in [0, 0.05) is 24.0 Å². The Balaban J connectivity index is 1.52. The topological polar surface area (TPSA) is 99.9 Å². The molecule has 1 aliphatic carbocycles. The molecule has 1 saturated carbocycles. The van der Waals surface area contributed by atoms with E-state index in [1.165, 1.54) is 7.11 Å². The van der Waals surface area contributed by atoms with E-state index in [1.807, 2.05) is 24.4 Å². The summed E-state index contributed by atoms with van der Waals surface area (Å²) in [5.74, 6) is 0.258. The number of imidazole rings is 1. The van der Waals surface area contributed by atoms with Crippen LogP contribution < -0.4 is 14.8 Å². The van der Waals surface area contributed by atoms with Gasteiger partial charge in [0.2, 0.25) is 11.5 Å². The lowest BCUT2D eigenvalue weighted by Crippen LogP contribution is -2.45. The molecule has 5 heterocycles. The van der Waals surface area contributed by atoms with Crippen molar-refractivity contribution in [2.45, 2.75) is 50.7 Å². The van der Waals surface area contributed by atoms with Crippen LogP contribution in [-0.4, -0.2) is 50.7 Å². The fraction of sp³-hybridized carbons (Fsp3) is 0.455. The number of amides is 1. The molecule has 3 aromatic heterocycles. The maximum atomic E-state index is 13.0. The Labute approximate surface area is 179 Å². The summed E-state index contributed by atoms with van der Waals surface area (Å²) >= 11 is 0. The molecule has 9 nitrogen and oxygen atoms in total. The lowest BCUT2D eigenvalue weighted by molar-refractivity contribution is 0.0154. The molecule has 3 aliphatic rings. The van der Waals surface area contributed by atoms with Crippen molar-refractivity contribution in [3.63, 3.8) is 0 Å². The van der Waals surface area contributed by atoms with Gasteiger partial charge in [0.1, 0.15) is 11.4 Å². The third-order valence-electron chi connectivity index (χ3n) is 5.86. The van der Waals surface area contributed by atoms with Crippen LogP contribution in [-0.2, 0) is 10.2 Å². The van der Waals surface area contributed by atoms with Gasteiger partial charge in [-0.25, -0.2) is 15.0 Å². The van der Waals surface area contributed by atoms with Gasteiger partial charge >= 0.3 is 0 Å². The van der Waals surface area contributed by atoms with E-state index in [2.05, 4.69) is 22.2 Å². The summed E-state index contributed by atoms with van der Waals surface area (Å²) in [5.41, 5.74) is 2.10. The van der Waals surface area contributed by atoms with E-state index >= 15 is 0 Å². The molecule has 3 fully saturated rings. The van der Waals surface area contributed by atoms with E-state index in [4.69, 9.17) is 19.2 Å². The quantitative estimate of drug-likeness (QED) is 0.650. The highest BCUT2D eigenvalue weighted by Gasteiger charge is 2.61. The molecule has 1 amide bonds. The molecule has 31 heavy (non-hydrogen) atoms. The van der Waals surface area contributed by atoms with E-state index in [-0.39, 0.29) is 22.8 Å². The Hall–Kier alpha value is -3.20. The Morgan fingerprint density at radius 2 is 2.06 bits per heavy atom. The van der Waals surface area contributed by atoms with Gasteiger partial charge < -0.3 is 19.5 Å². The fourth-order valence-electron chi connectivity index (χ4n) is 4.62. The number of rotatable bonds is 6. The van der Waals surface area contributed by atoms with E-state index < -0.39 is 5.91 Å². The molecule has 1 N–H and O–H groups in total. The number of ether oxygens (including phenoxy) is 3. The number of fused-ring (bicyclic) bond motifs is 2. The molecule has 9 heteroatoms. The highest BCUT2D eigenvalue weighted by atomic mass is 16.5. The van der Waals surface area contributed by atoms with Gasteiger partial charge in [-0.3, -0.25) is 9.20 Å². The van der Waals surface area contributed by atoms with Crippen molar-refractivity contribution in [2.24, 2.45) is 0 Å². The zero-order chi connectivity index (χ0) is 21.8. The van der Waals surface area contributed by atoms with Gasteiger partial charge in [0.15, 0.2) is 0 Å². The van der Waals surface area contributed by atoms with Gasteiger partial charge in [0.05, 0.1) is 31.1 Å². The Kier molecular flexibility index (Phi) is 4.40. The van der Waals surface area contributed by atoms with Crippen LogP contribution in [0.25, 0.3) is 5.65 Å². The third-order valence-corrected chi connectivity index (χ3v) is 5.86. The minimum atomic E-state index is -0.393. The second-order valence-electron chi connectivity index (χ2n) is 8.84. The van der Waals surface area contributed by atoms with Crippen molar-refractivity contribution >= 4 is 17.2 Å². The summed E-state index contributed by atoms with van der Waals surface area (Å²) in [7, 11) is 1.50. The molecule has 0 spiro atoms. The first-order valence-corrected chi connectivity index (χ1v) is 10.3. The number of carbonyl (C=O) groups excluding carboxylic acids is 1. The van der Waals surface area contributed by atoms with Crippen molar-refractivity contribution in [3.8, 4) is 11.8 Å². The van der Waals surface area contributed by atoms with Crippen LogP contribution >= 0.6 is 0 Å². The van der Waals surface area contributed by atoms with Gasteiger partial charge in [-0.2, -0.15) is 0 Å². The number of pyridine rings is 1. The Bertz CT molecular complexity index is 1170. The molecule has 6 rings (SSSR count). The summed E-state index contributed by atoms with van der Waals surface area (Å²) in [6.45, 7) is 6.62. The number of carbonyl (C=O) groups is 1. The molecule has 3 aromatic rings. The Morgan fingerprint density at radius 1 is 1.26 bits per heavy atom. The normalized spacial score (nSPS) is 24.3. The Morgan fingerprint density at radius 3 is 2.74 bits per heavy atom. The number of nitrogens with one attached hydrogen (secondary N) is 1. The van der Waals surface area contributed by atoms with Crippen LogP contribution in [0.2, 0.25) is 0 Å². The minimum Gasteiger partial charge on any atom is -0.480 e. The fourth-order valence-corrected chi connectivity index (χ4v) is 4.62. The predicted molar refractivity (Wildman–Crippen MR) is 113 cm³/mol. The molecule has 2 aliphatic heterocycles. The second-order valence-corrected chi connectivity index (χ2v) is 8.84. The summed E-state index contributed by atoms with van der Waals surface area (Å²) in [6.07, 6.45) is 7.00. The van der Waals surface area contributed by atoms with Crippen molar-refractivity contribution in [2.75, 3.05) is 19.0 Å². The predicted octanol–water partition coefficient (Wildman–Crippen LogP) is 2.99. The van der Waals surface area contributed by atoms with Crippen LogP contribution in [0.3, 0.4) is 0 Å². The molecule has 2 saturated heterocycles. The summed E-state index contributed by atoms with van der Waals surface area (Å²) < 4.78 is 18.9. The van der Waals surface area contributed by atoms with Crippen LogP contribution in [0.15, 0.2) is 30.7 Å². The summed E-state index contributed by atoms with van der Waals surface area (Å²) in [5, 5.41) is 2.81. The maximum Gasteiger partial charge on any atom is 0.276 e. The van der Waals surface area contributed by atoms with E-state index in [0.29, 0.717) is 29.7 Å². The molecule has 2 bridgehead atoms. The number of anilines is 1. The second kappa shape index (κ2) is 6.91. The monoisotopic (exact) mass is 423 g/mol. The first kappa shape index (κ1) is 19.7. The minimum absolute atomic E-state index is 0.0425. The molecular formula is C22H25N5O4. The number of hydrogen-bond donors (Lipinski definition) is 1. The van der Waals surface area contributed by atoms with E-state index in [1.54, 1.807) is 24.5 Å². The largest absolute Gasteiger partial charge is 0.480 e. The van der Waals surface area contributed by atoms with Crippen molar-refractivity contribution < 1.29 is 19.0 Å². The zero-order valence-electron chi connectivity index (χ0n) is 18.0. The number of aromatic nitrogens is 4. The van der Waals surface area contributed by atoms with Crippen molar-refractivity contribution in [1.82, 2.24) is 19.4 Å². The van der Waals surface area contributed by atoms with E-state index in [0.717, 1.165) is 18.5 Å². The van der Waals surface area contributed by atoms with E-state index in [9.17, 15) is 4.79 Å². The zero-order valence-corrected chi connectivity index (χ0v) is 18.0. The molecule has 162 valence electrons. The van der Waals surface area contributed by atoms with Crippen molar-refractivity contribution in [1.29, 1.82) is 0 Å². The smallest absolute Gasteiger partial charge is 0.276 e. The number of methoxy groups -OCH3 is 1. The summed E-state index contributed by atoms with van der Waals surface area (Å²) in [6, 6.07) is 3.44. The molecule has 0 radical (unpaired) electrons. The van der Waals surface area contributed by atoms with Crippen LogP contribution in [0.4, 0.5) is 5.69 Å². The van der Waals surface area contributed by atoms with Crippen LogP contribution in [0, 0.1) is 0 Å². The highest BCUT2D eigenvalue weighted by Crippen LogP contribution is 2.58. The third kappa shape index (κ3) is 3.29. The van der Waals surface area contributed by atoms with Gasteiger partial charge in [0.25, 0.3) is 11.8 Å². The number of nitrogens with zero attached hydrogens (tertiary/aromatic N) is 4. The molecule has 0 unspecified atom stereocenters. The standard InChI is InChI=1S/C22H25N5O4/c1-13(2)31-20-17-26-16(22-10-21(3,11-22)30-12-22)9-27(17)8-15(25-20)18(28)24-14-6-5-7-23-19(14)29-4/h5-9,13H,10-12H2,1-4H3,(H,24,28). The molecular weight excluding hydrogens is 398 g/mol. The van der Waals surface area contributed by atoms with Gasteiger partial charge in [-0.1, -0.05) is 0 Å². The average molecular weight is 423 g/mol. The first-order valence-electron chi connectivity index (χ1n) is 10.3. The molecule has 0 atom stereocenters. The number of hydrogen-bond acceptors (Lipinski definition) is 7. The lowest BCUT2D eigenvalue weighted by Gasteiger charge is -2.41. The van der Waals surface area contributed by atoms with Crippen LogP contribution in [0.1, 0.15) is 49.8 Å². The lowest BCUT2D eigenvalue weighted by atomic mass is 9.62. The molecule has 0 aromatic carbocycles. The van der Waals surface area contributed by atoms with Crippen molar-refractivity contribution in [3.05, 3.63) is 42.1 Å². The first-order chi connectivity index (χ1) is 14.8. The van der Waals surface area contributed by atoms with Gasteiger partial charge in [-0.15, -0.1) is 0 Å². The van der Waals surface area contributed by atoms with Crippen LogP contribution in [0.5, 0.6) is 11.8 Å².